The highest BCUT2D eigenvalue weighted by molar-refractivity contribution is 5.27. The van der Waals surface area contributed by atoms with Gasteiger partial charge in [0.05, 0.1) is 11.8 Å². The van der Waals surface area contributed by atoms with Crippen LogP contribution in [0.1, 0.15) is 43.9 Å². The molecule has 2 aromatic rings. The fraction of sp³-hybridized carbons (Fsp3) is 0.524. The van der Waals surface area contributed by atoms with Gasteiger partial charge in [0.15, 0.2) is 0 Å². The molecule has 134 valence electrons. The molecule has 4 heteroatoms. The molecule has 3 atom stereocenters. The van der Waals surface area contributed by atoms with Crippen molar-refractivity contribution in [1.29, 1.82) is 0 Å². The summed E-state index contributed by atoms with van der Waals surface area (Å²) >= 11 is 0. The van der Waals surface area contributed by atoms with Gasteiger partial charge >= 0.3 is 0 Å². The molecule has 1 aromatic carbocycles. The maximum absolute atomic E-state index is 6.25. The summed E-state index contributed by atoms with van der Waals surface area (Å²) in [5.74, 6) is 2.38. The third kappa shape index (κ3) is 5.53. The fourth-order valence-electron chi connectivity index (χ4n) is 3.70. The first-order valence-electron chi connectivity index (χ1n) is 9.39. The molecule has 0 aliphatic heterocycles. The number of ether oxygens (including phenoxy) is 1. The number of aromatic nitrogens is 2. The smallest absolute Gasteiger partial charge is 0.119 e. The molecule has 4 nitrogen and oxygen atoms in total. The minimum Gasteiger partial charge on any atom is -0.490 e. The number of nitrogens with one attached hydrogen (secondary N) is 1. The second-order valence-corrected chi connectivity index (χ2v) is 7.29. The van der Waals surface area contributed by atoms with E-state index >= 15 is 0 Å². The van der Waals surface area contributed by atoms with Gasteiger partial charge < -0.3 is 10.1 Å². The average Bonchev–Trinajstić information content (AvgIpc) is 2.63. The van der Waals surface area contributed by atoms with Gasteiger partial charge in [-0.25, -0.2) is 9.97 Å². The summed E-state index contributed by atoms with van der Waals surface area (Å²) in [6, 6.07) is 10.4. The zero-order chi connectivity index (χ0) is 17.5. The third-order valence-electron chi connectivity index (χ3n) is 5.18. The van der Waals surface area contributed by atoms with Crippen LogP contribution in [0, 0.1) is 18.8 Å². The lowest BCUT2D eigenvalue weighted by Gasteiger charge is -2.33. The minimum absolute atomic E-state index is 0.352. The Morgan fingerprint density at radius 2 is 2.20 bits per heavy atom. The predicted octanol–water partition coefficient (Wildman–Crippen LogP) is 4.15. The molecule has 1 aromatic heterocycles. The van der Waals surface area contributed by atoms with Crippen molar-refractivity contribution in [3.05, 3.63) is 54.1 Å². The SMILES string of the molecule is Cc1cccc(O[C@@H]2CCC[C@H](C(C)CNCc3ccncn3)C2)c1. The van der Waals surface area contributed by atoms with Crippen LogP contribution in [0.25, 0.3) is 0 Å². The predicted molar refractivity (Wildman–Crippen MR) is 100 cm³/mol. The third-order valence-corrected chi connectivity index (χ3v) is 5.18. The van der Waals surface area contributed by atoms with Gasteiger partial charge in [0.2, 0.25) is 0 Å². The van der Waals surface area contributed by atoms with Gasteiger partial charge in [-0.3, -0.25) is 0 Å². The van der Waals surface area contributed by atoms with E-state index in [-0.39, 0.29) is 0 Å². The molecule has 1 aliphatic rings. The van der Waals surface area contributed by atoms with Gasteiger partial charge in [-0.2, -0.15) is 0 Å². The largest absolute Gasteiger partial charge is 0.490 e. The standard InChI is InChI=1S/C21H29N3O/c1-16-5-3-7-20(11-16)25-21-8-4-6-18(12-21)17(2)13-23-14-19-9-10-22-15-24-19/h3,5,7,9-11,15,17-18,21,23H,4,6,8,12-14H2,1-2H3/t17?,18-,21+/m0/s1. The van der Waals surface area contributed by atoms with Gasteiger partial charge in [-0.15, -0.1) is 0 Å². The maximum atomic E-state index is 6.25. The fourth-order valence-corrected chi connectivity index (χ4v) is 3.70. The van der Waals surface area contributed by atoms with Crippen molar-refractivity contribution in [2.24, 2.45) is 11.8 Å². The second-order valence-electron chi connectivity index (χ2n) is 7.29. The van der Waals surface area contributed by atoms with E-state index in [4.69, 9.17) is 4.74 Å². The van der Waals surface area contributed by atoms with Crippen LogP contribution in [0.15, 0.2) is 42.9 Å². The Balaban J connectivity index is 1.45. The normalized spacial score (nSPS) is 21.7. The van der Waals surface area contributed by atoms with Gasteiger partial charge in [-0.05, 0) is 74.8 Å². The molecule has 25 heavy (non-hydrogen) atoms. The zero-order valence-electron chi connectivity index (χ0n) is 15.3. The lowest BCUT2D eigenvalue weighted by atomic mass is 9.79. The first-order chi connectivity index (χ1) is 12.2. The summed E-state index contributed by atoms with van der Waals surface area (Å²) in [4.78, 5) is 8.22. The van der Waals surface area contributed by atoms with Crippen LogP contribution in [0.2, 0.25) is 0 Å². The molecule has 3 rings (SSSR count). The molecule has 1 heterocycles. The molecule has 0 radical (unpaired) electrons. The van der Waals surface area contributed by atoms with Crippen molar-refractivity contribution < 1.29 is 4.74 Å². The Labute approximate surface area is 151 Å². The van der Waals surface area contributed by atoms with E-state index in [1.807, 2.05) is 6.07 Å². The highest BCUT2D eigenvalue weighted by atomic mass is 16.5. The highest BCUT2D eigenvalue weighted by Crippen LogP contribution is 2.32. The molecule has 1 aliphatic carbocycles. The zero-order valence-corrected chi connectivity index (χ0v) is 15.3. The summed E-state index contributed by atoms with van der Waals surface area (Å²) in [6.45, 7) is 6.29. The van der Waals surface area contributed by atoms with E-state index in [2.05, 4.69) is 53.4 Å². The van der Waals surface area contributed by atoms with Crippen LogP contribution in [0.5, 0.6) is 5.75 Å². The van der Waals surface area contributed by atoms with E-state index < -0.39 is 0 Å². The van der Waals surface area contributed by atoms with Crippen LogP contribution in [0.3, 0.4) is 0 Å². The molecule has 1 unspecified atom stereocenters. The Bertz CT molecular complexity index is 647. The van der Waals surface area contributed by atoms with Crippen molar-refractivity contribution in [3.8, 4) is 5.75 Å². The number of nitrogens with zero attached hydrogens (tertiary/aromatic N) is 2. The molecule has 0 spiro atoms. The number of hydrogen-bond acceptors (Lipinski definition) is 4. The van der Waals surface area contributed by atoms with Gasteiger partial charge in [0.25, 0.3) is 0 Å². The van der Waals surface area contributed by atoms with E-state index in [1.165, 1.54) is 24.8 Å². The summed E-state index contributed by atoms with van der Waals surface area (Å²) in [7, 11) is 0. The molecule has 1 saturated carbocycles. The average molecular weight is 339 g/mol. The first-order valence-corrected chi connectivity index (χ1v) is 9.39. The Kier molecular flexibility index (Phi) is 6.40. The van der Waals surface area contributed by atoms with Crippen LogP contribution in [-0.2, 0) is 6.54 Å². The van der Waals surface area contributed by atoms with Crippen LogP contribution >= 0.6 is 0 Å². The summed E-state index contributed by atoms with van der Waals surface area (Å²) in [5, 5.41) is 3.54. The number of hydrogen-bond donors (Lipinski definition) is 1. The maximum Gasteiger partial charge on any atom is 0.119 e. The number of benzene rings is 1. The van der Waals surface area contributed by atoms with Crippen molar-refractivity contribution in [3.63, 3.8) is 0 Å². The van der Waals surface area contributed by atoms with Crippen LogP contribution < -0.4 is 10.1 Å². The number of aryl methyl sites for hydroxylation is 1. The van der Waals surface area contributed by atoms with Gasteiger partial charge in [0, 0.05) is 12.7 Å². The first kappa shape index (κ1) is 17.9. The molecule has 0 amide bonds. The Morgan fingerprint density at radius 3 is 3.00 bits per heavy atom. The van der Waals surface area contributed by atoms with Crippen molar-refractivity contribution in [2.45, 2.75) is 52.2 Å². The van der Waals surface area contributed by atoms with Gasteiger partial charge in [-0.1, -0.05) is 19.1 Å². The monoisotopic (exact) mass is 339 g/mol. The minimum atomic E-state index is 0.352. The van der Waals surface area contributed by atoms with Crippen molar-refractivity contribution in [2.75, 3.05) is 6.54 Å². The quantitative estimate of drug-likeness (QED) is 0.823. The van der Waals surface area contributed by atoms with Crippen LogP contribution in [0.4, 0.5) is 0 Å². The number of rotatable bonds is 7. The molecule has 1 fully saturated rings. The molecule has 0 bridgehead atoms. The van der Waals surface area contributed by atoms with Crippen molar-refractivity contribution in [1.82, 2.24) is 15.3 Å². The molecular formula is C21H29N3O. The van der Waals surface area contributed by atoms with Crippen molar-refractivity contribution >= 4 is 0 Å². The molecule has 0 saturated heterocycles. The summed E-state index contributed by atoms with van der Waals surface area (Å²) in [6.07, 6.45) is 8.65. The summed E-state index contributed by atoms with van der Waals surface area (Å²) in [5.41, 5.74) is 2.30. The highest BCUT2D eigenvalue weighted by Gasteiger charge is 2.27. The lowest BCUT2D eigenvalue weighted by Crippen LogP contribution is -2.33. The van der Waals surface area contributed by atoms with E-state index in [0.717, 1.165) is 36.9 Å². The Hall–Kier alpha value is -1.94. The summed E-state index contributed by atoms with van der Waals surface area (Å²) < 4.78 is 6.25. The van der Waals surface area contributed by atoms with E-state index in [0.29, 0.717) is 12.0 Å². The van der Waals surface area contributed by atoms with Crippen LogP contribution in [-0.4, -0.2) is 22.6 Å². The van der Waals surface area contributed by atoms with E-state index in [9.17, 15) is 0 Å². The second kappa shape index (κ2) is 8.95. The van der Waals surface area contributed by atoms with Gasteiger partial charge in [0.1, 0.15) is 12.1 Å². The topological polar surface area (TPSA) is 47.0 Å². The van der Waals surface area contributed by atoms with E-state index in [1.54, 1.807) is 12.5 Å². The molecule has 1 N–H and O–H groups in total. The lowest BCUT2D eigenvalue weighted by molar-refractivity contribution is 0.102. The Morgan fingerprint density at radius 1 is 1.28 bits per heavy atom. The molecular weight excluding hydrogens is 310 g/mol.